The number of carbonyl (C=O) groups is 2. The third kappa shape index (κ3) is 1.86. The van der Waals surface area contributed by atoms with Gasteiger partial charge in [0.15, 0.2) is 5.78 Å². The van der Waals surface area contributed by atoms with Gasteiger partial charge in [-0.3, -0.25) is 4.79 Å². The average Bonchev–Trinajstić information content (AvgIpc) is 2.20. The molecule has 0 aromatic heterocycles. The van der Waals surface area contributed by atoms with E-state index in [2.05, 4.69) is 0 Å². The molecule has 0 bridgehead atoms. The lowest BCUT2D eigenvalue weighted by atomic mass is 10.0. The third-order valence-electron chi connectivity index (χ3n) is 2.24. The number of ether oxygens (including phenoxy) is 1. The van der Waals surface area contributed by atoms with Crippen molar-refractivity contribution in [2.75, 3.05) is 0 Å². The second-order valence-electron chi connectivity index (χ2n) is 3.33. The summed E-state index contributed by atoms with van der Waals surface area (Å²) in [6, 6.07) is 2.74. The molecule has 6 heteroatoms. The summed E-state index contributed by atoms with van der Waals surface area (Å²) < 4.78 is 5.14. The Morgan fingerprint density at radius 3 is 2.62 bits per heavy atom. The van der Waals surface area contributed by atoms with Gasteiger partial charge < -0.3 is 9.84 Å². The Balaban J connectivity index is 2.46. The molecule has 84 valence electrons. The maximum Gasteiger partial charge on any atom is 0.345 e. The first-order valence-corrected chi connectivity index (χ1v) is 5.16. The average molecular weight is 261 g/mol. The highest BCUT2D eigenvalue weighted by Crippen LogP contribution is 2.35. The first-order valence-electron chi connectivity index (χ1n) is 4.40. The number of rotatable bonds is 1. The second-order valence-corrected chi connectivity index (χ2v) is 4.15. The van der Waals surface area contributed by atoms with Crippen molar-refractivity contribution in [1.82, 2.24) is 0 Å². The Hall–Kier alpha value is -1.26. The lowest BCUT2D eigenvalue weighted by Crippen LogP contribution is -2.33. The van der Waals surface area contributed by atoms with E-state index in [-0.39, 0.29) is 33.6 Å². The van der Waals surface area contributed by atoms with Gasteiger partial charge in [0.1, 0.15) is 5.75 Å². The summed E-state index contributed by atoms with van der Waals surface area (Å²) in [6.07, 6.45) is -1.35. The van der Waals surface area contributed by atoms with Crippen LogP contribution < -0.4 is 4.74 Å². The molecule has 16 heavy (non-hydrogen) atoms. The van der Waals surface area contributed by atoms with E-state index in [1.165, 1.54) is 12.1 Å². The summed E-state index contributed by atoms with van der Waals surface area (Å²) in [5, 5.41) is 9.23. The number of Topliss-reactive ketones (excluding diaryl/α,β-unsaturated/α-hetero) is 1. The predicted octanol–water partition coefficient (Wildman–Crippen LogP) is 2.41. The predicted molar refractivity (Wildman–Crippen MR) is 57.5 cm³/mol. The molecule has 0 saturated carbocycles. The minimum atomic E-state index is -1.18. The summed E-state index contributed by atoms with van der Waals surface area (Å²) in [7, 11) is 0. The molecular weight excluding hydrogens is 255 g/mol. The highest BCUT2D eigenvalue weighted by Gasteiger charge is 2.31. The van der Waals surface area contributed by atoms with E-state index >= 15 is 0 Å². The van der Waals surface area contributed by atoms with Gasteiger partial charge in [0.05, 0.1) is 22.0 Å². The van der Waals surface area contributed by atoms with Crippen LogP contribution in [0.3, 0.4) is 0 Å². The van der Waals surface area contributed by atoms with Crippen LogP contribution in [0.4, 0.5) is 0 Å². The summed E-state index contributed by atoms with van der Waals surface area (Å²) in [6.45, 7) is 0. The SMILES string of the molecule is O=C1C[C@@H](C(=O)O)Oc2cc(Cl)c(Cl)cc21. The summed E-state index contributed by atoms with van der Waals surface area (Å²) in [5.41, 5.74) is 0.270. The highest BCUT2D eigenvalue weighted by atomic mass is 35.5. The number of carboxylic acid groups (broad SMARTS) is 1. The topological polar surface area (TPSA) is 63.6 Å². The van der Waals surface area contributed by atoms with Gasteiger partial charge in [-0.2, -0.15) is 0 Å². The molecule has 2 rings (SSSR count). The van der Waals surface area contributed by atoms with Crippen LogP contribution in [0, 0.1) is 0 Å². The Bertz CT molecular complexity index is 484. The molecule has 1 atom stereocenters. The minimum absolute atomic E-state index is 0.165. The molecule has 1 heterocycles. The van der Waals surface area contributed by atoms with Crippen LogP contribution in [0.25, 0.3) is 0 Å². The van der Waals surface area contributed by atoms with Gasteiger partial charge in [-0.1, -0.05) is 23.2 Å². The number of benzene rings is 1. The number of hydrogen-bond acceptors (Lipinski definition) is 3. The fraction of sp³-hybridized carbons (Fsp3) is 0.200. The molecule has 1 aromatic carbocycles. The maximum absolute atomic E-state index is 11.6. The Morgan fingerprint density at radius 2 is 2.00 bits per heavy atom. The summed E-state index contributed by atoms with van der Waals surface area (Å²) >= 11 is 11.5. The van der Waals surface area contributed by atoms with Crippen molar-refractivity contribution in [2.24, 2.45) is 0 Å². The monoisotopic (exact) mass is 260 g/mol. The molecule has 1 aromatic rings. The number of carbonyl (C=O) groups excluding carboxylic acids is 1. The standard InChI is InChI=1S/C10H6Cl2O4/c11-5-1-4-7(13)3-9(10(14)15)16-8(4)2-6(5)12/h1-2,9H,3H2,(H,14,15)/t9-/m0/s1. The lowest BCUT2D eigenvalue weighted by molar-refractivity contribution is -0.145. The quantitative estimate of drug-likeness (QED) is 0.843. The largest absolute Gasteiger partial charge is 0.478 e. The van der Waals surface area contributed by atoms with E-state index in [1.54, 1.807) is 0 Å². The normalized spacial score (nSPS) is 18.9. The van der Waals surface area contributed by atoms with Crippen molar-refractivity contribution in [2.45, 2.75) is 12.5 Å². The molecule has 1 aliphatic rings. The molecular formula is C10H6Cl2O4. The van der Waals surface area contributed by atoms with Crippen LogP contribution in [0.1, 0.15) is 16.8 Å². The minimum Gasteiger partial charge on any atom is -0.478 e. The number of carboxylic acids is 1. The molecule has 0 spiro atoms. The first-order chi connectivity index (χ1) is 7.49. The number of ketones is 1. The molecule has 1 aliphatic heterocycles. The van der Waals surface area contributed by atoms with Crippen LogP contribution in [-0.4, -0.2) is 23.0 Å². The van der Waals surface area contributed by atoms with Gasteiger partial charge in [0.2, 0.25) is 6.10 Å². The zero-order chi connectivity index (χ0) is 11.9. The maximum atomic E-state index is 11.6. The van der Waals surface area contributed by atoms with Crippen molar-refractivity contribution < 1.29 is 19.4 Å². The van der Waals surface area contributed by atoms with Crippen LogP contribution in [0.2, 0.25) is 10.0 Å². The van der Waals surface area contributed by atoms with Gasteiger partial charge >= 0.3 is 5.97 Å². The molecule has 1 N–H and O–H groups in total. The molecule has 0 radical (unpaired) electrons. The van der Waals surface area contributed by atoms with E-state index in [4.69, 9.17) is 33.0 Å². The molecule has 0 saturated heterocycles. The zero-order valence-corrected chi connectivity index (χ0v) is 9.38. The van der Waals surface area contributed by atoms with E-state index in [0.29, 0.717) is 0 Å². The van der Waals surface area contributed by atoms with E-state index in [1.807, 2.05) is 0 Å². The molecule has 0 fully saturated rings. The van der Waals surface area contributed by atoms with E-state index < -0.39 is 12.1 Å². The van der Waals surface area contributed by atoms with Crippen LogP contribution >= 0.6 is 23.2 Å². The summed E-state index contributed by atoms with van der Waals surface area (Å²) in [5.74, 6) is -1.32. The number of aliphatic carboxylic acids is 1. The van der Waals surface area contributed by atoms with Crippen LogP contribution in [0.5, 0.6) is 5.75 Å². The van der Waals surface area contributed by atoms with Crippen molar-refractivity contribution in [1.29, 1.82) is 0 Å². The highest BCUT2D eigenvalue weighted by molar-refractivity contribution is 6.42. The Labute approximate surface area is 101 Å². The van der Waals surface area contributed by atoms with Crippen molar-refractivity contribution >= 4 is 35.0 Å². The number of halogens is 2. The van der Waals surface area contributed by atoms with Gasteiger partial charge in [0.25, 0.3) is 0 Å². The molecule has 4 nitrogen and oxygen atoms in total. The smallest absolute Gasteiger partial charge is 0.345 e. The van der Waals surface area contributed by atoms with Crippen LogP contribution in [-0.2, 0) is 4.79 Å². The number of fused-ring (bicyclic) bond motifs is 1. The Morgan fingerprint density at radius 1 is 1.38 bits per heavy atom. The molecule has 0 aliphatic carbocycles. The van der Waals surface area contributed by atoms with E-state index in [0.717, 1.165) is 0 Å². The lowest BCUT2D eigenvalue weighted by Gasteiger charge is -2.22. The van der Waals surface area contributed by atoms with Gasteiger partial charge in [-0.05, 0) is 6.07 Å². The van der Waals surface area contributed by atoms with Gasteiger partial charge in [-0.25, -0.2) is 4.79 Å². The Kier molecular flexibility index (Phi) is 2.78. The van der Waals surface area contributed by atoms with Crippen LogP contribution in [0.15, 0.2) is 12.1 Å². The fourth-order valence-electron chi connectivity index (χ4n) is 1.45. The van der Waals surface area contributed by atoms with Gasteiger partial charge in [-0.15, -0.1) is 0 Å². The fourth-order valence-corrected chi connectivity index (χ4v) is 1.77. The first kappa shape index (κ1) is 11.2. The van der Waals surface area contributed by atoms with E-state index in [9.17, 15) is 9.59 Å². The van der Waals surface area contributed by atoms with Gasteiger partial charge in [0, 0.05) is 6.07 Å². The number of hydrogen-bond donors (Lipinski definition) is 1. The summed E-state index contributed by atoms with van der Waals surface area (Å²) in [4.78, 5) is 22.3. The van der Waals surface area contributed by atoms with Crippen molar-refractivity contribution in [3.8, 4) is 5.75 Å². The molecule has 0 unspecified atom stereocenters. The second kappa shape index (κ2) is 3.96. The molecule has 0 amide bonds. The third-order valence-corrected chi connectivity index (χ3v) is 2.96. The van der Waals surface area contributed by atoms with Crippen molar-refractivity contribution in [3.05, 3.63) is 27.7 Å². The zero-order valence-electron chi connectivity index (χ0n) is 7.87. The van der Waals surface area contributed by atoms with Crippen molar-refractivity contribution in [3.63, 3.8) is 0 Å².